The summed E-state index contributed by atoms with van der Waals surface area (Å²) in [6.45, 7) is 2.30. The molecule has 1 heterocycles. The van der Waals surface area contributed by atoms with Crippen LogP contribution in [0.3, 0.4) is 0 Å². The van der Waals surface area contributed by atoms with E-state index in [1.165, 1.54) is 43.6 Å². The molecule has 0 radical (unpaired) electrons. The topological polar surface area (TPSA) is 37.8 Å². The van der Waals surface area contributed by atoms with Gasteiger partial charge in [-0.2, -0.15) is 4.37 Å². The highest BCUT2D eigenvalue weighted by Crippen LogP contribution is 2.36. The predicted molar refractivity (Wildman–Crippen MR) is 64.4 cm³/mol. The molecule has 1 fully saturated rings. The minimum absolute atomic E-state index is 0.617. The molecule has 0 aliphatic heterocycles. The van der Waals surface area contributed by atoms with Gasteiger partial charge in [0.2, 0.25) is 5.13 Å². The van der Waals surface area contributed by atoms with Gasteiger partial charge in [-0.3, -0.25) is 0 Å². The van der Waals surface area contributed by atoms with Gasteiger partial charge in [-0.05, 0) is 31.6 Å². The van der Waals surface area contributed by atoms with Gasteiger partial charge in [-0.1, -0.05) is 13.3 Å². The molecule has 2 rings (SSSR count). The van der Waals surface area contributed by atoms with Crippen molar-refractivity contribution < 1.29 is 0 Å². The molecule has 1 aliphatic rings. The number of nitrogens with zero attached hydrogens (tertiary/aromatic N) is 2. The Kier molecular flexibility index (Phi) is 3.57. The van der Waals surface area contributed by atoms with Gasteiger partial charge in [0.25, 0.3) is 0 Å². The molecule has 84 valence electrons. The molecule has 1 aliphatic carbocycles. The molecule has 1 N–H and O–H groups in total. The fraction of sp³-hybridized carbons (Fsp3) is 0.818. The van der Waals surface area contributed by atoms with Crippen LogP contribution in [0.5, 0.6) is 0 Å². The average Bonchev–Trinajstić information content (AvgIpc) is 2.78. The van der Waals surface area contributed by atoms with Gasteiger partial charge in [-0.15, -0.1) is 0 Å². The number of nitrogens with one attached hydrogen (secondary N) is 1. The lowest BCUT2D eigenvalue weighted by atomic mass is 9.80. The number of hydrogen-bond acceptors (Lipinski definition) is 4. The van der Waals surface area contributed by atoms with E-state index in [1.807, 2.05) is 7.05 Å². The second-order valence-corrected chi connectivity index (χ2v) is 5.09. The Morgan fingerprint density at radius 1 is 1.33 bits per heavy atom. The molecule has 1 aromatic heterocycles. The maximum atomic E-state index is 4.50. The van der Waals surface area contributed by atoms with Crippen LogP contribution in [-0.4, -0.2) is 16.4 Å². The largest absolute Gasteiger partial charge is 0.363 e. The number of rotatable bonds is 3. The molecule has 0 atom stereocenters. The van der Waals surface area contributed by atoms with Gasteiger partial charge in [-0.25, -0.2) is 4.98 Å². The van der Waals surface area contributed by atoms with E-state index >= 15 is 0 Å². The molecule has 0 amide bonds. The Bertz CT molecular complexity index is 303. The summed E-state index contributed by atoms with van der Waals surface area (Å²) >= 11 is 1.48. The fourth-order valence-electron chi connectivity index (χ4n) is 2.33. The summed E-state index contributed by atoms with van der Waals surface area (Å²) in [5, 5.41) is 4.00. The monoisotopic (exact) mass is 225 g/mol. The van der Waals surface area contributed by atoms with Gasteiger partial charge in [0.15, 0.2) is 0 Å². The van der Waals surface area contributed by atoms with Gasteiger partial charge in [0.1, 0.15) is 5.82 Å². The van der Waals surface area contributed by atoms with Crippen LogP contribution in [0.4, 0.5) is 5.13 Å². The van der Waals surface area contributed by atoms with Gasteiger partial charge >= 0.3 is 0 Å². The lowest BCUT2D eigenvalue weighted by molar-refractivity contribution is 0.313. The second kappa shape index (κ2) is 4.92. The molecule has 0 unspecified atom stereocenters. The summed E-state index contributed by atoms with van der Waals surface area (Å²) in [5.41, 5.74) is 0. The first-order valence-electron chi connectivity index (χ1n) is 5.84. The molecule has 1 aromatic rings. The minimum Gasteiger partial charge on any atom is -0.363 e. The summed E-state index contributed by atoms with van der Waals surface area (Å²) in [7, 11) is 1.90. The summed E-state index contributed by atoms with van der Waals surface area (Å²) in [4.78, 5) is 4.50. The quantitative estimate of drug-likeness (QED) is 0.858. The highest BCUT2D eigenvalue weighted by atomic mass is 32.1. The fourth-order valence-corrected chi connectivity index (χ4v) is 2.93. The van der Waals surface area contributed by atoms with Crippen molar-refractivity contribution in [2.75, 3.05) is 12.4 Å². The number of aromatic nitrogens is 2. The first-order valence-corrected chi connectivity index (χ1v) is 6.62. The van der Waals surface area contributed by atoms with E-state index in [2.05, 4.69) is 21.6 Å². The van der Waals surface area contributed by atoms with Gasteiger partial charge in [0, 0.05) is 24.5 Å². The van der Waals surface area contributed by atoms with Gasteiger partial charge < -0.3 is 5.32 Å². The normalized spacial score (nSPS) is 26.5. The lowest BCUT2D eigenvalue weighted by Crippen LogP contribution is -2.13. The van der Waals surface area contributed by atoms with Crippen LogP contribution in [0.25, 0.3) is 0 Å². The van der Waals surface area contributed by atoms with Crippen molar-refractivity contribution in [1.29, 1.82) is 0 Å². The molecule has 3 nitrogen and oxygen atoms in total. The predicted octanol–water partition coefficient (Wildman–Crippen LogP) is 3.26. The Balaban J connectivity index is 1.95. The van der Waals surface area contributed by atoms with Crippen LogP contribution in [0.1, 0.15) is 50.8 Å². The Labute approximate surface area is 95.5 Å². The SMILES string of the molecule is CCC1CCC(c2nsc(NC)n2)CC1. The molecule has 0 bridgehead atoms. The first-order chi connectivity index (χ1) is 7.33. The summed E-state index contributed by atoms with van der Waals surface area (Å²) < 4.78 is 4.43. The zero-order chi connectivity index (χ0) is 10.7. The molecular formula is C11H19N3S. The number of hydrogen-bond donors (Lipinski definition) is 1. The molecule has 0 aromatic carbocycles. The zero-order valence-electron chi connectivity index (χ0n) is 9.49. The maximum Gasteiger partial charge on any atom is 0.202 e. The third-order valence-corrected chi connectivity index (χ3v) is 4.19. The zero-order valence-corrected chi connectivity index (χ0v) is 10.3. The molecular weight excluding hydrogens is 206 g/mol. The van der Waals surface area contributed by atoms with Crippen LogP contribution >= 0.6 is 11.5 Å². The van der Waals surface area contributed by atoms with Crippen LogP contribution in [0.2, 0.25) is 0 Å². The van der Waals surface area contributed by atoms with Crippen molar-refractivity contribution in [3.8, 4) is 0 Å². The van der Waals surface area contributed by atoms with E-state index in [0.717, 1.165) is 16.9 Å². The molecule has 15 heavy (non-hydrogen) atoms. The van der Waals surface area contributed by atoms with Crippen LogP contribution in [-0.2, 0) is 0 Å². The van der Waals surface area contributed by atoms with Crippen LogP contribution in [0, 0.1) is 5.92 Å². The summed E-state index contributed by atoms with van der Waals surface area (Å²) in [6, 6.07) is 0. The standard InChI is InChI=1S/C11H19N3S/c1-3-8-4-6-9(7-5-8)10-13-11(12-2)15-14-10/h8-9H,3-7H2,1-2H3,(H,12,13,14). The van der Waals surface area contributed by atoms with E-state index in [1.54, 1.807) is 0 Å². The minimum atomic E-state index is 0.617. The Morgan fingerprint density at radius 3 is 2.60 bits per heavy atom. The maximum absolute atomic E-state index is 4.50. The van der Waals surface area contributed by atoms with E-state index in [0.29, 0.717) is 5.92 Å². The van der Waals surface area contributed by atoms with E-state index in [-0.39, 0.29) is 0 Å². The van der Waals surface area contributed by atoms with E-state index in [9.17, 15) is 0 Å². The van der Waals surface area contributed by atoms with Crippen molar-refractivity contribution in [1.82, 2.24) is 9.36 Å². The Morgan fingerprint density at radius 2 is 2.07 bits per heavy atom. The molecule has 0 spiro atoms. The summed E-state index contributed by atoms with van der Waals surface area (Å²) in [5.74, 6) is 2.63. The number of anilines is 1. The third kappa shape index (κ3) is 2.48. The van der Waals surface area contributed by atoms with E-state index in [4.69, 9.17) is 0 Å². The van der Waals surface area contributed by atoms with E-state index < -0.39 is 0 Å². The molecule has 0 saturated heterocycles. The Hall–Kier alpha value is -0.640. The highest BCUT2D eigenvalue weighted by molar-refractivity contribution is 7.09. The van der Waals surface area contributed by atoms with Crippen molar-refractivity contribution in [3.05, 3.63) is 5.82 Å². The van der Waals surface area contributed by atoms with Crippen molar-refractivity contribution in [2.24, 2.45) is 5.92 Å². The summed E-state index contributed by atoms with van der Waals surface area (Å²) in [6.07, 6.45) is 6.60. The lowest BCUT2D eigenvalue weighted by Gasteiger charge is -2.25. The molecule has 4 heteroatoms. The van der Waals surface area contributed by atoms with Gasteiger partial charge in [0.05, 0.1) is 0 Å². The van der Waals surface area contributed by atoms with Crippen molar-refractivity contribution >= 4 is 16.7 Å². The van der Waals surface area contributed by atoms with Crippen LogP contribution < -0.4 is 5.32 Å². The second-order valence-electron chi connectivity index (χ2n) is 4.33. The van der Waals surface area contributed by atoms with Crippen molar-refractivity contribution in [3.63, 3.8) is 0 Å². The molecule has 1 saturated carbocycles. The van der Waals surface area contributed by atoms with Crippen LogP contribution in [0.15, 0.2) is 0 Å². The third-order valence-electron chi connectivity index (χ3n) is 3.44. The first kappa shape index (κ1) is 10.9. The highest BCUT2D eigenvalue weighted by Gasteiger charge is 2.24. The smallest absolute Gasteiger partial charge is 0.202 e. The average molecular weight is 225 g/mol. The van der Waals surface area contributed by atoms with Crippen molar-refractivity contribution in [2.45, 2.75) is 44.9 Å².